The van der Waals surface area contributed by atoms with Crippen LogP contribution in [0.1, 0.15) is 58.5 Å². The van der Waals surface area contributed by atoms with Gasteiger partial charge in [0.05, 0.1) is 30.9 Å². The SMILES string of the molecule is CCOc1ccc(-c2ccc(Cn3c(CC(C)(C)C(=O)O[C@H]4CO[C@H]5[C@@H]4OC[C@H]5O)c(SC(C)(C)C)c4cc(OCc5ccccn5)ccc43)cc2)cn1. The van der Waals surface area contributed by atoms with Gasteiger partial charge in [0.1, 0.15) is 30.7 Å². The van der Waals surface area contributed by atoms with Crippen LogP contribution in [0.15, 0.2) is 90.1 Å². The van der Waals surface area contributed by atoms with Gasteiger partial charge in [0.2, 0.25) is 5.88 Å². The summed E-state index contributed by atoms with van der Waals surface area (Å²) < 4.78 is 31.6. The molecule has 4 atom stereocenters. The molecule has 10 nitrogen and oxygen atoms in total. The van der Waals surface area contributed by atoms with Crippen molar-refractivity contribution in [2.45, 2.75) is 95.2 Å². The van der Waals surface area contributed by atoms with Gasteiger partial charge in [-0.2, -0.15) is 0 Å². The van der Waals surface area contributed by atoms with E-state index in [-0.39, 0.29) is 23.9 Å². The van der Waals surface area contributed by atoms with E-state index in [0.717, 1.165) is 49.6 Å². The van der Waals surface area contributed by atoms with E-state index in [1.165, 1.54) is 0 Å². The molecule has 0 unspecified atom stereocenters. The molecule has 54 heavy (non-hydrogen) atoms. The summed E-state index contributed by atoms with van der Waals surface area (Å²) in [5, 5.41) is 11.3. The Balaban J connectivity index is 1.24. The van der Waals surface area contributed by atoms with Gasteiger partial charge in [-0.15, -0.1) is 11.8 Å². The minimum absolute atomic E-state index is 0.131. The van der Waals surface area contributed by atoms with Crippen LogP contribution in [-0.2, 0) is 38.6 Å². The first-order chi connectivity index (χ1) is 25.9. The number of pyridine rings is 2. The Bertz CT molecular complexity index is 2060. The molecule has 0 spiro atoms. The van der Waals surface area contributed by atoms with Crippen LogP contribution in [0.5, 0.6) is 11.6 Å². The molecule has 3 aromatic heterocycles. The molecule has 2 fully saturated rings. The lowest BCUT2D eigenvalue weighted by molar-refractivity contribution is -0.164. The molecule has 2 aromatic carbocycles. The lowest BCUT2D eigenvalue weighted by atomic mass is 9.87. The minimum atomic E-state index is -0.905. The second-order valence-corrected chi connectivity index (χ2v) is 17.4. The Morgan fingerprint density at radius 3 is 2.41 bits per heavy atom. The van der Waals surface area contributed by atoms with Crippen molar-refractivity contribution in [2.75, 3.05) is 19.8 Å². The second-order valence-electron chi connectivity index (χ2n) is 15.5. The molecule has 7 rings (SSSR count). The van der Waals surface area contributed by atoms with Gasteiger partial charge in [-0.05, 0) is 68.3 Å². The number of carbonyl (C=O) groups is 1. The molecule has 284 valence electrons. The fourth-order valence-electron chi connectivity index (χ4n) is 6.97. The summed E-state index contributed by atoms with van der Waals surface area (Å²) >= 11 is 1.79. The number of aliphatic hydroxyl groups is 1. The van der Waals surface area contributed by atoms with Crippen molar-refractivity contribution in [2.24, 2.45) is 5.41 Å². The highest BCUT2D eigenvalue weighted by Crippen LogP contribution is 2.45. The predicted octanol–water partition coefficient (Wildman–Crippen LogP) is 7.65. The van der Waals surface area contributed by atoms with Crippen LogP contribution in [-0.4, -0.2) is 74.6 Å². The van der Waals surface area contributed by atoms with Crippen LogP contribution in [0.3, 0.4) is 0 Å². The van der Waals surface area contributed by atoms with Crippen molar-refractivity contribution >= 4 is 28.6 Å². The molecular weight excluding hydrogens is 703 g/mol. The smallest absolute Gasteiger partial charge is 0.312 e. The van der Waals surface area contributed by atoms with Crippen LogP contribution in [0.2, 0.25) is 0 Å². The summed E-state index contributed by atoms with van der Waals surface area (Å²) in [5.41, 5.74) is 5.22. The first-order valence-electron chi connectivity index (χ1n) is 18.6. The Morgan fingerprint density at radius 2 is 1.70 bits per heavy atom. The third kappa shape index (κ3) is 8.44. The van der Waals surface area contributed by atoms with Crippen LogP contribution in [0.25, 0.3) is 22.0 Å². The summed E-state index contributed by atoms with van der Waals surface area (Å²) in [6, 6.07) is 24.5. The number of ether oxygens (including phenoxy) is 5. The lowest BCUT2D eigenvalue weighted by Gasteiger charge is -2.28. The maximum absolute atomic E-state index is 14.0. The molecule has 5 aromatic rings. The normalized spacial score (nSPS) is 19.9. The molecule has 0 radical (unpaired) electrons. The number of benzene rings is 2. The van der Waals surface area contributed by atoms with E-state index in [2.05, 4.69) is 71.7 Å². The predicted molar refractivity (Wildman–Crippen MR) is 209 cm³/mol. The zero-order chi connectivity index (χ0) is 38.0. The number of aliphatic hydroxyl groups excluding tert-OH is 1. The number of hydrogen-bond acceptors (Lipinski definition) is 10. The third-order valence-corrected chi connectivity index (χ3v) is 10.9. The van der Waals surface area contributed by atoms with Crippen molar-refractivity contribution in [3.8, 4) is 22.8 Å². The van der Waals surface area contributed by atoms with E-state index < -0.39 is 29.8 Å². The fourth-order valence-corrected chi connectivity index (χ4v) is 8.15. The topological polar surface area (TPSA) is 114 Å². The zero-order valence-corrected chi connectivity index (χ0v) is 32.6. The van der Waals surface area contributed by atoms with E-state index in [9.17, 15) is 9.90 Å². The van der Waals surface area contributed by atoms with Crippen molar-refractivity contribution < 1.29 is 33.6 Å². The van der Waals surface area contributed by atoms with Crippen molar-refractivity contribution in [3.63, 3.8) is 0 Å². The summed E-state index contributed by atoms with van der Waals surface area (Å²) in [5.74, 6) is 1.02. The van der Waals surface area contributed by atoms with Crippen molar-refractivity contribution in [3.05, 3.63) is 102 Å². The maximum atomic E-state index is 14.0. The molecule has 5 heterocycles. The van der Waals surface area contributed by atoms with E-state index >= 15 is 0 Å². The molecule has 2 saturated heterocycles. The van der Waals surface area contributed by atoms with Gasteiger partial charge in [-0.1, -0.05) is 51.1 Å². The molecule has 0 aliphatic carbocycles. The molecular formula is C43H49N3O7S. The van der Waals surface area contributed by atoms with E-state index in [0.29, 0.717) is 32.1 Å². The Hall–Kier alpha value is -4.42. The average Bonchev–Trinajstić information content (AvgIpc) is 3.81. The number of nitrogens with zero attached hydrogens (tertiary/aromatic N) is 3. The van der Waals surface area contributed by atoms with Gasteiger partial charge in [0.25, 0.3) is 0 Å². The summed E-state index contributed by atoms with van der Waals surface area (Å²) in [6.07, 6.45) is 1.78. The maximum Gasteiger partial charge on any atom is 0.312 e. The molecule has 0 saturated carbocycles. The number of hydrogen-bond donors (Lipinski definition) is 1. The number of fused-ring (bicyclic) bond motifs is 2. The van der Waals surface area contributed by atoms with Crippen LogP contribution in [0, 0.1) is 5.41 Å². The van der Waals surface area contributed by atoms with Crippen molar-refractivity contribution in [1.82, 2.24) is 14.5 Å². The number of carbonyl (C=O) groups excluding carboxylic acids is 1. The highest BCUT2D eigenvalue weighted by molar-refractivity contribution is 8.00. The molecule has 1 N–H and O–H groups in total. The number of aromatic nitrogens is 3. The quantitative estimate of drug-likeness (QED) is 0.0951. The summed E-state index contributed by atoms with van der Waals surface area (Å²) in [7, 11) is 0. The third-order valence-electron chi connectivity index (χ3n) is 9.67. The van der Waals surface area contributed by atoms with Gasteiger partial charge >= 0.3 is 5.97 Å². The largest absolute Gasteiger partial charge is 0.487 e. The highest BCUT2D eigenvalue weighted by atomic mass is 32.2. The van der Waals surface area contributed by atoms with Crippen molar-refractivity contribution in [1.29, 1.82) is 0 Å². The summed E-state index contributed by atoms with van der Waals surface area (Å²) in [6.45, 7) is 14.3. The number of esters is 1. The monoisotopic (exact) mass is 751 g/mol. The Labute approximate surface area is 321 Å². The van der Waals surface area contributed by atoms with Gasteiger partial charge in [0.15, 0.2) is 6.10 Å². The van der Waals surface area contributed by atoms with Gasteiger partial charge in [-0.3, -0.25) is 9.78 Å². The van der Waals surface area contributed by atoms with Gasteiger partial charge in [0, 0.05) is 63.2 Å². The lowest BCUT2D eigenvalue weighted by Crippen LogP contribution is -2.39. The Morgan fingerprint density at radius 1 is 0.926 bits per heavy atom. The number of thioether (sulfide) groups is 1. The fraction of sp³-hybridized carbons (Fsp3) is 0.419. The van der Waals surface area contributed by atoms with Gasteiger partial charge < -0.3 is 33.4 Å². The molecule has 2 aliphatic heterocycles. The first-order valence-corrected chi connectivity index (χ1v) is 19.4. The summed E-state index contributed by atoms with van der Waals surface area (Å²) in [4.78, 5) is 24.0. The van der Waals surface area contributed by atoms with Crippen LogP contribution >= 0.6 is 11.8 Å². The van der Waals surface area contributed by atoms with Gasteiger partial charge in [-0.25, -0.2) is 4.98 Å². The van der Waals surface area contributed by atoms with Crippen LogP contribution < -0.4 is 9.47 Å². The molecule has 0 amide bonds. The highest BCUT2D eigenvalue weighted by Gasteiger charge is 2.50. The average molecular weight is 752 g/mol. The van der Waals surface area contributed by atoms with E-state index in [1.807, 2.05) is 63.4 Å². The molecule has 0 bridgehead atoms. The molecule has 11 heteroatoms. The van der Waals surface area contributed by atoms with E-state index in [4.69, 9.17) is 23.7 Å². The Kier molecular flexibility index (Phi) is 11.0. The zero-order valence-electron chi connectivity index (χ0n) is 31.8. The first kappa shape index (κ1) is 37.9. The second kappa shape index (κ2) is 15.7. The molecule has 2 aliphatic rings. The van der Waals surface area contributed by atoms with E-state index in [1.54, 1.807) is 18.0 Å². The minimum Gasteiger partial charge on any atom is -0.487 e. The van der Waals surface area contributed by atoms with Crippen LogP contribution in [0.4, 0.5) is 0 Å². The number of rotatable bonds is 13. The standard InChI is InChI=1S/C43H49N3O7S/c1-7-49-37-18-15-29(22-45-37)28-13-11-27(12-14-28)23-46-33-17-16-31(50-24-30-10-8-9-19-44-30)20-32(33)40(54-42(2,3)4)34(46)21-43(5,6)41(48)53-36-26-52-38-35(47)25-51-39(36)38/h8-20,22,35-36,38-39,47H,7,21,23-26H2,1-6H3/t35-,36+,38-,39-/m1/s1.